The van der Waals surface area contributed by atoms with E-state index in [1.165, 1.54) is 33.3 Å². The fourth-order valence-corrected chi connectivity index (χ4v) is 4.42. The molecule has 0 unspecified atom stereocenters. The van der Waals surface area contributed by atoms with Crippen LogP contribution in [0.2, 0.25) is 0 Å². The largest absolute Gasteiger partial charge is 0.493 e. The fourth-order valence-electron chi connectivity index (χ4n) is 4.42. The van der Waals surface area contributed by atoms with E-state index < -0.39 is 0 Å². The van der Waals surface area contributed by atoms with Crippen LogP contribution in [0.4, 0.5) is 0 Å². The van der Waals surface area contributed by atoms with Crippen molar-refractivity contribution in [2.24, 2.45) is 0 Å². The molecule has 0 aliphatic rings. The molecule has 0 aliphatic heterocycles. The molecule has 0 amide bonds. The third-order valence-electron chi connectivity index (χ3n) is 6.50. The summed E-state index contributed by atoms with van der Waals surface area (Å²) < 4.78 is 8.46. The van der Waals surface area contributed by atoms with E-state index >= 15 is 0 Å². The number of aromatic nitrogens is 2. The van der Waals surface area contributed by atoms with Crippen molar-refractivity contribution in [1.82, 2.24) is 9.55 Å². The Morgan fingerprint density at radius 2 is 1.47 bits per heavy atom. The Kier molecular flexibility index (Phi) is 6.44. The van der Waals surface area contributed by atoms with Gasteiger partial charge in [-0.2, -0.15) is 0 Å². The molecule has 0 spiro atoms. The lowest BCUT2D eigenvalue weighted by Crippen LogP contribution is -2.09. The van der Waals surface area contributed by atoms with Crippen LogP contribution >= 0.6 is 0 Å². The third kappa shape index (κ3) is 4.74. The number of benzene rings is 4. The van der Waals surface area contributed by atoms with Gasteiger partial charge in [-0.25, -0.2) is 4.98 Å². The van der Waals surface area contributed by atoms with Crippen molar-refractivity contribution < 1.29 is 4.74 Å². The molecule has 3 heteroatoms. The minimum atomic E-state index is 0.683. The summed E-state index contributed by atoms with van der Waals surface area (Å²) in [6.45, 7) is 5.80. The standard InChI is InChI=1S/C31H30N2O/c1-23-10-8-15-30(24(23)2)34-21-9-20-33-29-14-7-6-13-28(29)32-31(33)22-25-16-18-27(19-17-25)26-11-4-3-5-12-26/h3-8,10-19H,9,20-22H2,1-2H3. The first-order chi connectivity index (χ1) is 16.7. The summed E-state index contributed by atoms with van der Waals surface area (Å²) in [6, 6.07) is 34.0. The molecule has 0 saturated heterocycles. The zero-order valence-electron chi connectivity index (χ0n) is 19.9. The highest BCUT2D eigenvalue weighted by Gasteiger charge is 2.12. The van der Waals surface area contributed by atoms with Crippen LogP contribution in [0.15, 0.2) is 97.1 Å². The predicted octanol–water partition coefficient (Wildman–Crippen LogP) is 7.38. The monoisotopic (exact) mass is 446 g/mol. The third-order valence-corrected chi connectivity index (χ3v) is 6.50. The van der Waals surface area contributed by atoms with E-state index in [0.717, 1.165) is 36.5 Å². The molecule has 3 nitrogen and oxygen atoms in total. The Hall–Kier alpha value is -3.85. The Balaban J connectivity index is 1.31. The summed E-state index contributed by atoms with van der Waals surface area (Å²) in [5, 5.41) is 0. The molecule has 1 heterocycles. The predicted molar refractivity (Wildman–Crippen MR) is 140 cm³/mol. The number of rotatable bonds is 8. The molecule has 0 bridgehead atoms. The fraction of sp³-hybridized carbons (Fsp3) is 0.194. The zero-order valence-corrected chi connectivity index (χ0v) is 19.9. The van der Waals surface area contributed by atoms with Crippen molar-refractivity contribution >= 4 is 11.0 Å². The highest BCUT2D eigenvalue weighted by molar-refractivity contribution is 5.76. The molecule has 0 saturated carbocycles. The van der Waals surface area contributed by atoms with Gasteiger partial charge in [0, 0.05) is 13.0 Å². The van der Waals surface area contributed by atoms with Gasteiger partial charge < -0.3 is 9.30 Å². The van der Waals surface area contributed by atoms with Crippen molar-refractivity contribution in [3.8, 4) is 16.9 Å². The van der Waals surface area contributed by atoms with Crippen LogP contribution in [0.1, 0.15) is 28.9 Å². The van der Waals surface area contributed by atoms with Crippen molar-refractivity contribution in [3.63, 3.8) is 0 Å². The Labute approximate surface area is 201 Å². The molecule has 34 heavy (non-hydrogen) atoms. The average molecular weight is 447 g/mol. The van der Waals surface area contributed by atoms with Crippen molar-refractivity contribution in [2.45, 2.75) is 33.2 Å². The Bertz CT molecular complexity index is 1380. The second-order valence-electron chi connectivity index (χ2n) is 8.81. The molecule has 170 valence electrons. The van der Waals surface area contributed by atoms with Gasteiger partial charge in [-0.15, -0.1) is 0 Å². The van der Waals surface area contributed by atoms with Gasteiger partial charge in [0.05, 0.1) is 17.6 Å². The van der Waals surface area contributed by atoms with Gasteiger partial charge in [0.2, 0.25) is 0 Å². The van der Waals surface area contributed by atoms with E-state index in [4.69, 9.17) is 9.72 Å². The average Bonchev–Trinajstić information content (AvgIpc) is 3.22. The molecule has 0 aliphatic carbocycles. The molecular formula is C31H30N2O. The summed E-state index contributed by atoms with van der Waals surface area (Å²) in [5.41, 5.74) is 8.46. The lowest BCUT2D eigenvalue weighted by atomic mass is 10.0. The van der Waals surface area contributed by atoms with Crippen LogP contribution in [0.25, 0.3) is 22.2 Å². The highest BCUT2D eigenvalue weighted by atomic mass is 16.5. The van der Waals surface area contributed by atoms with Gasteiger partial charge in [0.15, 0.2) is 0 Å². The second kappa shape index (κ2) is 9.96. The number of hydrogen-bond acceptors (Lipinski definition) is 2. The van der Waals surface area contributed by atoms with E-state index in [1.54, 1.807) is 0 Å². The molecule has 0 fully saturated rings. The maximum atomic E-state index is 6.11. The zero-order chi connectivity index (χ0) is 23.3. The van der Waals surface area contributed by atoms with E-state index in [-0.39, 0.29) is 0 Å². The highest BCUT2D eigenvalue weighted by Crippen LogP contribution is 2.24. The quantitative estimate of drug-likeness (QED) is 0.233. The topological polar surface area (TPSA) is 27.1 Å². The molecule has 5 rings (SSSR count). The van der Waals surface area contributed by atoms with Crippen LogP contribution < -0.4 is 4.74 Å². The first-order valence-electron chi connectivity index (χ1n) is 12.0. The van der Waals surface area contributed by atoms with Crippen LogP contribution in [0.5, 0.6) is 5.75 Å². The number of hydrogen-bond donors (Lipinski definition) is 0. The normalized spacial score (nSPS) is 11.1. The number of para-hydroxylation sites is 2. The van der Waals surface area contributed by atoms with Gasteiger partial charge in [-0.1, -0.05) is 78.9 Å². The SMILES string of the molecule is Cc1cccc(OCCCn2c(Cc3ccc(-c4ccccc4)cc3)nc3ccccc32)c1C. The van der Waals surface area contributed by atoms with Gasteiger partial charge in [0.25, 0.3) is 0 Å². The van der Waals surface area contributed by atoms with E-state index in [2.05, 4.69) is 115 Å². The van der Waals surface area contributed by atoms with Crippen LogP contribution in [-0.4, -0.2) is 16.2 Å². The first kappa shape index (κ1) is 22.0. The maximum absolute atomic E-state index is 6.11. The smallest absolute Gasteiger partial charge is 0.122 e. The second-order valence-corrected chi connectivity index (χ2v) is 8.81. The molecule has 0 radical (unpaired) electrons. The molecule has 0 N–H and O–H groups in total. The number of ether oxygens (including phenoxy) is 1. The minimum Gasteiger partial charge on any atom is -0.493 e. The van der Waals surface area contributed by atoms with Crippen LogP contribution in [0.3, 0.4) is 0 Å². The Morgan fingerprint density at radius 3 is 2.29 bits per heavy atom. The number of fused-ring (bicyclic) bond motifs is 1. The molecule has 4 aromatic carbocycles. The number of aryl methyl sites for hydroxylation is 2. The summed E-state index contributed by atoms with van der Waals surface area (Å²) in [5.74, 6) is 2.08. The number of imidazole rings is 1. The summed E-state index contributed by atoms with van der Waals surface area (Å²) >= 11 is 0. The first-order valence-corrected chi connectivity index (χ1v) is 12.0. The van der Waals surface area contributed by atoms with E-state index in [0.29, 0.717) is 6.61 Å². The van der Waals surface area contributed by atoms with E-state index in [9.17, 15) is 0 Å². The van der Waals surface area contributed by atoms with Gasteiger partial charge in [0.1, 0.15) is 11.6 Å². The summed E-state index contributed by atoms with van der Waals surface area (Å²) in [6.07, 6.45) is 1.73. The van der Waals surface area contributed by atoms with Gasteiger partial charge >= 0.3 is 0 Å². The number of nitrogens with zero attached hydrogens (tertiary/aromatic N) is 2. The lowest BCUT2D eigenvalue weighted by Gasteiger charge is -2.13. The van der Waals surface area contributed by atoms with Crippen LogP contribution in [0, 0.1) is 13.8 Å². The van der Waals surface area contributed by atoms with Crippen molar-refractivity contribution in [3.05, 3.63) is 120 Å². The van der Waals surface area contributed by atoms with Gasteiger partial charge in [-0.3, -0.25) is 0 Å². The van der Waals surface area contributed by atoms with E-state index in [1.807, 2.05) is 0 Å². The lowest BCUT2D eigenvalue weighted by molar-refractivity contribution is 0.300. The summed E-state index contributed by atoms with van der Waals surface area (Å²) in [7, 11) is 0. The van der Waals surface area contributed by atoms with Gasteiger partial charge in [-0.05, 0) is 66.3 Å². The molecular weight excluding hydrogens is 416 g/mol. The summed E-state index contributed by atoms with van der Waals surface area (Å²) in [4.78, 5) is 4.97. The minimum absolute atomic E-state index is 0.683. The Morgan fingerprint density at radius 1 is 0.735 bits per heavy atom. The van der Waals surface area contributed by atoms with Crippen molar-refractivity contribution in [2.75, 3.05) is 6.61 Å². The van der Waals surface area contributed by atoms with Crippen molar-refractivity contribution in [1.29, 1.82) is 0 Å². The molecule has 5 aromatic rings. The molecule has 1 aromatic heterocycles. The van der Waals surface area contributed by atoms with Crippen LogP contribution in [-0.2, 0) is 13.0 Å². The molecule has 0 atom stereocenters. The maximum Gasteiger partial charge on any atom is 0.122 e.